The molecule has 4 nitrogen and oxygen atoms in total. The van der Waals surface area contributed by atoms with Crippen molar-refractivity contribution in [1.29, 1.82) is 0 Å². The summed E-state index contributed by atoms with van der Waals surface area (Å²) in [5.74, 6) is -0.0334. The van der Waals surface area contributed by atoms with Crippen LogP contribution in [0.2, 0.25) is 0 Å². The van der Waals surface area contributed by atoms with Crippen LogP contribution in [0, 0.1) is 0 Å². The first-order chi connectivity index (χ1) is 7.84. The number of amides is 1. The number of rotatable bonds is 4. The van der Waals surface area contributed by atoms with Gasteiger partial charge in [0.25, 0.3) is 0 Å². The fourth-order valence-electron chi connectivity index (χ4n) is 1.24. The standard InChI is InChI=1S/C11H11N3OS/c15-10(7-9-3-1-2-4-12-9)14-8-11-13-5-6-16-11/h1-6H,7-8H2,(H,14,15). The van der Waals surface area contributed by atoms with E-state index in [2.05, 4.69) is 15.3 Å². The first kappa shape index (κ1) is 10.8. The molecule has 0 bridgehead atoms. The Morgan fingerprint density at radius 1 is 1.31 bits per heavy atom. The number of hydrogen-bond donors (Lipinski definition) is 1. The minimum absolute atomic E-state index is 0.0334. The number of carbonyl (C=O) groups is 1. The third-order valence-electron chi connectivity index (χ3n) is 1.99. The smallest absolute Gasteiger partial charge is 0.226 e. The molecular formula is C11H11N3OS. The van der Waals surface area contributed by atoms with Gasteiger partial charge in [0, 0.05) is 23.5 Å². The molecule has 2 heterocycles. The van der Waals surface area contributed by atoms with Crippen molar-refractivity contribution in [2.75, 3.05) is 0 Å². The van der Waals surface area contributed by atoms with Crippen LogP contribution in [-0.2, 0) is 17.8 Å². The molecule has 0 saturated carbocycles. The highest BCUT2D eigenvalue weighted by Gasteiger charge is 2.04. The maximum Gasteiger partial charge on any atom is 0.226 e. The molecule has 0 aliphatic rings. The molecule has 1 amide bonds. The van der Waals surface area contributed by atoms with E-state index in [1.807, 2.05) is 23.6 Å². The minimum Gasteiger partial charge on any atom is -0.349 e. The van der Waals surface area contributed by atoms with E-state index in [-0.39, 0.29) is 5.91 Å². The SMILES string of the molecule is O=C(Cc1ccccn1)NCc1nccs1. The van der Waals surface area contributed by atoms with Crippen molar-refractivity contribution in [3.8, 4) is 0 Å². The summed E-state index contributed by atoms with van der Waals surface area (Å²) < 4.78 is 0. The lowest BCUT2D eigenvalue weighted by atomic mass is 10.2. The summed E-state index contributed by atoms with van der Waals surface area (Å²) in [6, 6.07) is 5.54. The van der Waals surface area contributed by atoms with E-state index in [4.69, 9.17) is 0 Å². The second kappa shape index (κ2) is 5.37. The summed E-state index contributed by atoms with van der Waals surface area (Å²) in [6.45, 7) is 0.489. The van der Waals surface area contributed by atoms with Gasteiger partial charge in [0.1, 0.15) is 5.01 Å². The summed E-state index contributed by atoms with van der Waals surface area (Å²) in [5, 5.41) is 5.60. The molecule has 1 N–H and O–H groups in total. The molecule has 0 aromatic carbocycles. The van der Waals surface area contributed by atoms with E-state index >= 15 is 0 Å². The lowest BCUT2D eigenvalue weighted by Crippen LogP contribution is -2.24. The Bertz CT molecular complexity index is 442. The van der Waals surface area contributed by atoms with Crippen LogP contribution in [0.3, 0.4) is 0 Å². The molecule has 0 unspecified atom stereocenters. The molecule has 0 spiro atoms. The maximum absolute atomic E-state index is 11.5. The number of aromatic nitrogens is 2. The Labute approximate surface area is 97.4 Å². The van der Waals surface area contributed by atoms with Gasteiger partial charge in [-0.25, -0.2) is 4.98 Å². The predicted octanol–water partition coefficient (Wildman–Crippen LogP) is 1.40. The average Bonchev–Trinajstić information content (AvgIpc) is 2.81. The maximum atomic E-state index is 11.5. The van der Waals surface area contributed by atoms with Gasteiger partial charge >= 0.3 is 0 Å². The van der Waals surface area contributed by atoms with Gasteiger partial charge in [-0.05, 0) is 12.1 Å². The topological polar surface area (TPSA) is 54.9 Å². The van der Waals surface area contributed by atoms with E-state index < -0.39 is 0 Å². The third kappa shape index (κ3) is 3.13. The number of pyridine rings is 1. The average molecular weight is 233 g/mol. The monoisotopic (exact) mass is 233 g/mol. The third-order valence-corrected chi connectivity index (χ3v) is 2.77. The van der Waals surface area contributed by atoms with Gasteiger partial charge in [-0.15, -0.1) is 11.3 Å². The molecule has 0 aliphatic heterocycles. The zero-order valence-corrected chi connectivity index (χ0v) is 9.41. The number of nitrogens with zero attached hydrogens (tertiary/aromatic N) is 2. The molecule has 2 aromatic rings. The molecule has 0 atom stereocenters. The summed E-state index contributed by atoms with van der Waals surface area (Å²) in [7, 11) is 0. The second-order valence-corrected chi connectivity index (χ2v) is 4.18. The summed E-state index contributed by atoms with van der Waals surface area (Å²) in [5.41, 5.74) is 0.777. The zero-order chi connectivity index (χ0) is 11.2. The normalized spacial score (nSPS) is 10.0. The fourth-order valence-corrected chi connectivity index (χ4v) is 1.80. The van der Waals surface area contributed by atoms with E-state index in [0.717, 1.165) is 10.7 Å². The van der Waals surface area contributed by atoms with Crippen molar-refractivity contribution in [3.05, 3.63) is 46.7 Å². The summed E-state index contributed by atoms with van der Waals surface area (Å²) >= 11 is 1.53. The Kier molecular flexibility index (Phi) is 3.61. The van der Waals surface area contributed by atoms with E-state index in [9.17, 15) is 4.79 Å². The Morgan fingerprint density at radius 2 is 2.25 bits per heavy atom. The molecule has 5 heteroatoms. The molecule has 2 aromatic heterocycles. The first-order valence-electron chi connectivity index (χ1n) is 4.89. The van der Waals surface area contributed by atoms with Gasteiger partial charge in [0.15, 0.2) is 0 Å². The minimum atomic E-state index is -0.0334. The van der Waals surface area contributed by atoms with Gasteiger partial charge in [0.2, 0.25) is 5.91 Å². The van der Waals surface area contributed by atoms with Crippen molar-refractivity contribution in [1.82, 2.24) is 15.3 Å². The van der Waals surface area contributed by atoms with Crippen molar-refractivity contribution in [2.45, 2.75) is 13.0 Å². The van der Waals surface area contributed by atoms with Gasteiger partial charge in [-0.3, -0.25) is 9.78 Å². The Hall–Kier alpha value is -1.75. The highest BCUT2D eigenvalue weighted by atomic mass is 32.1. The number of nitrogens with one attached hydrogen (secondary N) is 1. The van der Waals surface area contributed by atoms with Crippen LogP contribution in [0.4, 0.5) is 0 Å². The highest BCUT2D eigenvalue weighted by Crippen LogP contribution is 2.03. The fraction of sp³-hybridized carbons (Fsp3) is 0.182. The van der Waals surface area contributed by atoms with Crippen LogP contribution >= 0.6 is 11.3 Å². The van der Waals surface area contributed by atoms with Crippen LogP contribution in [0.1, 0.15) is 10.7 Å². The molecule has 0 aliphatic carbocycles. The quantitative estimate of drug-likeness (QED) is 0.868. The summed E-state index contributed by atoms with van der Waals surface area (Å²) in [6.07, 6.45) is 3.72. The van der Waals surface area contributed by atoms with Crippen LogP contribution in [0.15, 0.2) is 36.0 Å². The number of hydrogen-bond acceptors (Lipinski definition) is 4. The number of carbonyl (C=O) groups excluding carboxylic acids is 1. The molecule has 16 heavy (non-hydrogen) atoms. The highest BCUT2D eigenvalue weighted by molar-refractivity contribution is 7.09. The van der Waals surface area contributed by atoms with Crippen molar-refractivity contribution in [2.24, 2.45) is 0 Å². The molecule has 82 valence electrons. The summed E-state index contributed by atoms with van der Waals surface area (Å²) in [4.78, 5) is 19.7. The van der Waals surface area contributed by atoms with Crippen LogP contribution in [0.5, 0.6) is 0 Å². The molecule has 2 rings (SSSR count). The largest absolute Gasteiger partial charge is 0.349 e. The lowest BCUT2D eigenvalue weighted by molar-refractivity contribution is -0.120. The predicted molar refractivity (Wildman–Crippen MR) is 61.9 cm³/mol. The van der Waals surface area contributed by atoms with Crippen LogP contribution < -0.4 is 5.32 Å². The second-order valence-electron chi connectivity index (χ2n) is 3.20. The van der Waals surface area contributed by atoms with Gasteiger partial charge < -0.3 is 5.32 Å². The van der Waals surface area contributed by atoms with Crippen LogP contribution in [-0.4, -0.2) is 15.9 Å². The Balaban J connectivity index is 1.81. The van der Waals surface area contributed by atoms with Crippen molar-refractivity contribution in [3.63, 3.8) is 0 Å². The van der Waals surface area contributed by atoms with Gasteiger partial charge in [0.05, 0.1) is 13.0 Å². The zero-order valence-electron chi connectivity index (χ0n) is 8.59. The van der Waals surface area contributed by atoms with Gasteiger partial charge in [-0.2, -0.15) is 0 Å². The van der Waals surface area contributed by atoms with E-state index in [1.54, 1.807) is 12.4 Å². The first-order valence-corrected chi connectivity index (χ1v) is 5.77. The van der Waals surface area contributed by atoms with Crippen molar-refractivity contribution < 1.29 is 4.79 Å². The molecular weight excluding hydrogens is 222 g/mol. The van der Waals surface area contributed by atoms with Crippen LogP contribution in [0.25, 0.3) is 0 Å². The van der Waals surface area contributed by atoms with E-state index in [0.29, 0.717) is 13.0 Å². The van der Waals surface area contributed by atoms with Gasteiger partial charge in [-0.1, -0.05) is 6.07 Å². The number of thiazole rings is 1. The lowest BCUT2D eigenvalue weighted by Gasteiger charge is -2.02. The molecule has 0 saturated heterocycles. The van der Waals surface area contributed by atoms with Crippen molar-refractivity contribution >= 4 is 17.2 Å². The molecule has 0 fully saturated rings. The Morgan fingerprint density at radius 3 is 2.94 bits per heavy atom. The molecule has 0 radical (unpaired) electrons. The van der Waals surface area contributed by atoms with E-state index in [1.165, 1.54) is 11.3 Å².